The lowest BCUT2D eigenvalue weighted by Gasteiger charge is -2.32. The van der Waals surface area contributed by atoms with Crippen molar-refractivity contribution in [1.29, 1.82) is 0 Å². The van der Waals surface area contributed by atoms with Crippen LogP contribution < -0.4 is 9.80 Å². The Labute approximate surface area is 171 Å². The van der Waals surface area contributed by atoms with E-state index >= 15 is 0 Å². The molecule has 0 atom stereocenters. The SMILES string of the molecule is Cc1nn2c(N3CC[NH+](C)CC3)cc(C(C)(C)C)nc2c1-c1ccc(Cl)cc1. The van der Waals surface area contributed by atoms with Crippen molar-refractivity contribution >= 4 is 23.1 Å². The predicted molar refractivity (Wildman–Crippen MR) is 116 cm³/mol. The Bertz CT molecular complexity index is 992. The molecule has 1 aliphatic heterocycles. The van der Waals surface area contributed by atoms with Gasteiger partial charge in [0.15, 0.2) is 5.65 Å². The molecule has 0 saturated carbocycles. The van der Waals surface area contributed by atoms with E-state index in [4.69, 9.17) is 21.7 Å². The number of quaternary nitrogens is 1. The van der Waals surface area contributed by atoms with Crippen LogP contribution in [-0.2, 0) is 5.41 Å². The van der Waals surface area contributed by atoms with Gasteiger partial charge in [0, 0.05) is 22.1 Å². The molecule has 1 fully saturated rings. The second kappa shape index (κ2) is 7.05. The molecule has 1 saturated heterocycles. The normalized spacial score (nSPS) is 16.1. The number of nitrogens with one attached hydrogen (secondary N) is 1. The van der Waals surface area contributed by atoms with Crippen molar-refractivity contribution in [3.63, 3.8) is 0 Å². The van der Waals surface area contributed by atoms with E-state index in [2.05, 4.69) is 57.8 Å². The molecule has 4 rings (SSSR count). The summed E-state index contributed by atoms with van der Waals surface area (Å²) in [5.74, 6) is 1.14. The number of fused-ring (bicyclic) bond motifs is 1. The molecule has 148 valence electrons. The van der Waals surface area contributed by atoms with Gasteiger partial charge in [-0.1, -0.05) is 44.5 Å². The standard InChI is InChI=1S/C22H28ClN5/c1-15-20(16-6-8-17(23)9-7-16)21-24-18(22(2,3)4)14-19(28(21)25-15)27-12-10-26(5)11-13-27/h6-9,14H,10-13H2,1-5H3/p+1. The van der Waals surface area contributed by atoms with Crippen molar-refractivity contribution in [2.45, 2.75) is 33.1 Å². The van der Waals surface area contributed by atoms with E-state index in [0.29, 0.717) is 0 Å². The molecule has 5 nitrogen and oxygen atoms in total. The average Bonchev–Trinajstić information content (AvgIpc) is 2.97. The highest BCUT2D eigenvalue weighted by Crippen LogP contribution is 2.33. The van der Waals surface area contributed by atoms with Gasteiger partial charge in [0.2, 0.25) is 0 Å². The van der Waals surface area contributed by atoms with E-state index in [1.165, 1.54) is 0 Å². The molecule has 0 bridgehead atoms. The van der Waals surface area contributed by atoms with Gasteiger partial charge in [-0.25, -0.2) is 4.98 Å². The van der Waals surface area contributed by atoms with Crippen molar-refractivity contribution in [3.8, 4) is 11.1 Å². The molecule has 0 aliphatic carbocycles. The number of aromatic nitrogens is 3. The number of rotatable bonds is 2. The van der Waals surface area contributed by atoms with E-state index < -0.39 is 0 Å². The number of halogens is 1. The molecule has 1 aliphatic rings. The Morgan fingerprint density at radius 1 is 1.07 bits per heavy atom. The van der Waals surface area contributed by atoms with Crippen LogP contribution in [0.4, 0.5) is 5.82 Å². The summed E-state index contributed by atoms with van der Waals surface area (Å²) in [7, 11) is 2.26. The van der Waals surface area contributed by atoms with Gasteiger partial charge in [-0.3, -0.25) is 0 Å². The third-order valence-corrected chi connectivity index (χ3v) is 5.84. The van der Waals surface area contributed by atoms with Crippen molar-refractivity contribution in [1.82, 2.24) is 14.6 Å². The molecule has 0 unspecified atom stereocenters. The van der Waals surface area contributed by atoms with Crippen LogP contribution in [0.25, 0.3) is 16.8 Å². The molecule has 0 amide bonds. The maximum Gasteiger partial charge on any atom is 0.165 e. The van der Waals surface area contributed by atoms with Crippen LogP contribution in [0.15, 0.2) is 30.3 Å². The first kappa shape index (κ1) is 19.2. The molecule has 1 N–H and O–H groups in total. The molecule has 3 heterocycles. The Balaban J connectivity index is 1.94. The van der Waals surface area contributed by atoms with Gasteiger partial charge in [0.05, 0.1) is 44.6 Å². The second-order valence-electron chi connectivity index (χ2n) is 8.90. The predicted octanol–water partition coefficient (Wildman–Crippen LogP) is 2.99. The number of benzene rings is 1. The number of anilines is 1. The number of piperazine rings is 1. The summed E-state index contributed by atoms with van der Waals surface area (Å²) in [6.07, 6.45) is 0. The van der Waals surface area contributed by atoms with Crippen molar-refractivity contribution < 1.29 is 4.90 Å². The summed E-state index contributed by atoms with van der Waals surface area (Å²) in [4.78, 5) is 9.11. The largest absolute Gasteiger partial charge is 0.345 e. The molecule has 3 aromatic rings. The maximum atomic E-state index is 6.11. The lowest BCUT2D eigenvalue weighted by atomic mass is 9.91. The smallest absolute Gasteiger partial charge is 0.165 e. The van der Waals surface area contributed by atoms with Crippen LogP contribution in [0.2, 0.25) is 5.02 Å². The minimum absolute atomic E-state index is 0.0379. The van der Waals surface area contributed by atoms with Gasteiger partial charge < -0.3 is 9.80 Å². The number of likely N-dealkylation sites (N-methyl/N-ethyl adjacent to an activating group) is 1. The minimum Gasteiger partial charge on any atom is -0.345 e. The summed E-state index contributed by atoms with van der Waals surface area (Å²) >= 11 is 6.11. The highest BCUT2D eigenvalue weighted by molar-refractivity contribution is 6.30. The first-order valence-electron chi connectivity index (χ1n) is 9.97. The third kappa shape index (κ3) is 3.49. The molecule has 2 aromatic heterocycles. The van der Waals surface area contributed by atoms with E-state index in [9.17, 15) is 0 Å². The van der Waals surface area contributed by atoms with Crippen LogP contribution >= 0.6 is 11.6 Å². The molecule has 1 aromatic carbocycles. The summed E-state index contributed by atoms with van der Waals surface area (Å²) < 4.78 is 2.04. The summed E-state index contributed by atoms with van der Waals surface area (Å²) in [5.41, 5.74) is 5.16. The van der Waals surface area contributed by atoms with E-state index in [1.54, 1.807) is 4.90 Å². The average molecular weight is 399 g/mol. The van der Waals surface area contributed by atoms with Crippen LogP contribution in [0.3, 0.4) is 0 Å². The number of hydrogen-bond acceptors (Lipinski definition) is 3. The van der Waals surface area contributed by atoms with Gasteiger partial charge in [0.25, 0.3) is 0 Å². The Morgan fingerprint density at radius 3 is 2.32 bits per heavy atom. The monoisotopic (exact) mass is 398 g/mol. The van der Waals surface area contributed by atoms with Crippen LogP contribution in [-0.4, -0.2) is 47.8 Å². The van der Waals surface area contributed by atoms with Crippen LogP contribution in [0.1, 0.15) is 32.2 Å². The fourth-order valence-electron chi connectivity index (χ4n) is 3.79. The summed E-state index contributed by atoms with van der Waals surface area (Å²) in [6, 6.07) is 10.2. The topological polar surface area (TPSA) is 37.9 Å². The third-order valence-electron chi connectivity index (χ3n) is 5.59. The van der Waals surface area contributed by atoms with Crippen LogP contribution in [0, 0.1) is 6.92 Å². The first-order valence-corrected chi connectivity index (χ1v) is 10.3. The Hall–Kier alpha value is -2.11. The van der Waals surface area contributed by atoms with Crippen molar-refractivity contribution in [2.75, 3.05) is 38.1 Å². The van der Waals surface area contributed by atoms with Crippen molar-refractivity contribution in [2.24, 2.45) is 0 Å². The fourth-order valence-corrected chi connectivity index (χ4v) is 3.92. The first-order chi connectivity index (χ1) is 13.2. The fraction of sp³-hybridized carbons (Fsp3) is 0.455. The van der Waals surface area contributed by atoms with Crippen LogP contribution in [0.5, 0.6) is 0 Å². The highest BCUT2D eigenvalue weighted by Gasteiger charge is 2.26. The molecule has 0 radical (unpaired) electrons. The number of aryl methyl sites for hydroxylation is 1. The lowest BCUT2D eigenvalue weighted by Crippen LogP contribution is -3.12. The quantitative estimate of drug-likeness (QED) is 0.721. The summed E-state index contributed by atoms with van der Waals surface area (Å²) in [6.45, 7) is 13.1. The zero-order valence-electron chi connectivity index (χ0n) is 17.4. The number of hydrogen-bond donors (Lipinski definition) is 1. The maximum absolute atomic E-state index is 6.11. The van der Waals surface area contributed by atoms with Gasteiger partial charge in [0.1, 0.15) is 5.82 Å². The molecular formula is C22H29ClN5+. The lowest BCUT2D eigenvalue weighted by molar-refractivity contribution is -0.880. The Morgan fingerprint density at radius 2 is 1.71 bits per heavy atom. The summed E-state index contributed by atoms with van der Waals surface area (Å²) in [5, 5.41) is 5.64. The zero-order chi connectivity index (χ0) is 20.1. The van der Waals surface area contributed by atoms with Gasteiger partial charge >= 0.3 is 0 Å². The molecular weight excluding hydrogens is 370 g/mol. The zero-order valence-corrected chi connectivity index (χ0v) is 18.1. The van der Waals surface area contributed by atoms with E-state index in [1.807, 2.05) is 16.6 Å². The minimum atomic E-state index is -0.0379. The molecule has 0 spiro atoms. The van der Waals surface area contributed by atoms with E-state index in [0.717, 1.165) is 65.2 Å². The molecule has 28 heavy (non-hydrogen) atoms. The van der Waals surface area contributed by atoms with Gasteiger partial charge in [-0.15, -0.1) is 0 Å². The number of nitrogens with zero attached hydrogens (tertiary/aromatic N) is 4. The van der Waals surface area contributed by atoms with Crippen molar-refractivity contribution in [3.05, 3.63) is 46.7 Å². The Kier molecular flexibility index (Phi) is 4.84. The van der Waals surface area contributed by atoms with Gasteiger partial charge in [-0.2, -0.15) is 9.61 Å². The molecule has 6 heteroatoms. The van der Waals surface area contributed by atoms with Gasteiger partial charge in [-0.05, 0) is 24.6 Å². The highest BCUT2D eigenvalue weighted by atomic mass is 35.5. The second-order valence-corrected chi connectivity index (χ2v) is 9.33. The van der Waals surface area contributed by atoms with E-state index in [-0.39, 0.29) is 5.41 Å².